The average molecular weight is 370 g/mol. The lowest BCUT2D eigenvalue weighted by Gasteiger charge is -2.47. The Labute approximate surface area is 166 Å². The highest BCUT2D eigenvalue weighted by Gasteiger charge is 2.45. The number of rotatable bonds is 6. The van der Waals surface area contributed by atoms with Crippen LogP contribution < -0.4 is 10.5 Å². The van der Waals surface area contributed by atoms with Crippen LogP contribution in [0.15, 0.2) is 23.8 Å². The van der Waals surface area contributed by atoms with Crippen molar-refractivity contribution in [3.63, 3.8) is 0 Å². The molecule has 3 rings (SSSR count). The van der Waals surface area contributed by atoms with Crippen molar-refractivity contribution in [2.75, 3.05) is 5.73 Å². The van der Waals surface area contributed by atoms with Crippen molar-refractivity contribution >= 4 is 5.69 Å². The zero-order valence-corrected chi connectivity index (χ0v) is 18.3. The van der Waals surface area contributed by atoms with E-state index in [1.807, 2.05) is 0 Å². The Balaban J connectivity index is 1.95. The third kappa shape index (κ3) is 4.05. The molecule has 0 unspecified atom stereocenters. The molecule has 1 aliphatic heterocycles. The standard InChI is InChI=1S/C25H39NO/c1-7-8-9-10-13-24(3,4)18-15-21(26)23-19-14-17(2)11-12-20(19)25(5,6)27-22(23)16-18/h14-16,19-20H,7-13,26H2,1-6H3/t19-,20-/m1/s1. The van der Waals surface area contributed by atoms with Gasteiger partial charge in [0.2, 0.25) is 0 Å². The van der Waals surface area contributed by atoms with Crippen LogP contribution in [0.5, 0.6) is 5.75 Å². The maximum absolute atomic E-state index is 6.65. The van der Waals surface area contributed by atoms with Gasteiger partial charge in [-0.1, -0.05) is 58.1 Å². The van der Waals surface area contributed by atoms with E-state index < -0.39 is 0 Å². The number of hydrogen-bond acceptors (Lipinski definition) is 2. The topological polar surface area (TPSA) is 35.2 Å². The van der Waals surface area contributed by atoms with E-state index in [1.54, 1.807) is 0 Å². The minimum Gasteiger partial charge on any atom is -0.487 e. The molecule has 0 amide bonds. The van der Waals surface area contributed by atoms with Gasteiger partial charge in [-0.3, -0.25) is 0 Å². The summed E-state index contributed by atoms with van der Waals surface area (Å²) in [4.78, 5) is 0. The fraction of sp³-hybridized carbons (Fsp3) is 0.680. The molecular formula is C25H39NO. The summed E-state index contributed by atoms with van der Waals surface area (Å²) in [6.45, 7) is 13.7. The van der Waals surface area contributed by atoms with Crippen LogP contribution in [0, 0.1) is 5.92 Å². The van der Waals surface area contributed by atoms with E-state index in [-0.39, 0.29) is 11.0 Å². The second-order valence-corrected chi connectivity index (χ2v) is 10.1. The van der Waals surface area contributed by atoms with E-state index >= 15 is 0 Å². The molecule has 2 heteroatoms. The van der Waals surface area contributed by atoms with Gasteiger partial charge in [0.1, 0.15) is 11.4 Å². The number of nitrogens with two attached hydrogens (primary N) is 1. The molecule has 2 atom stereocenters. The van der Waals surface area contributed by atoms with Gasteiger partial charge in [-0.25, -0.2) is 0 Å². The fourth-order valence-electron chi connectivity index (χ4n) is 5.11. The molecule has 150 valence electrons. The summed E-state index contributed by atoms with van der Waals surface area (Å²) < 4.78 is 6.57. The predicted molar refractivity (Wildman–Crippen MR) is 117 cm³/mol. The summed E-state index contributed by atoms with van der Waals surface area (Å²) >= 11 is 0. The number of anilines is 1. The lowest BCUT2D eigenvalue weighted by Crippen LogP contribution is -2.45. The van der Waals surface area contributed by atoms with Gasteiger partial charge < -0.3 is 10.5 Å². The number of fused-ring (bicyclic) bond motifs is 3. The van der Waals surface area contributed by atoms with E-state index in [0.29, 0.717) is 11.8 Å². The molecule has 0 saturated heterocycles. The Morgan fingerprint density at radius 1 is 1.19 bits per heavy atom. The number of nitrogen functional groups attached to an aromatic ring is 1. The molecule has 0 aromatic heterocycles. The van der Waals surface area contributed by atoms with E-state index in [2.05, 4.69) is 59.8 Å². The Morgan fingerprint density at radius 2 is 1.93 bits per heavy atom. The molecule has 2 nitrogen and oxygen atoms in total. The summed E-state index contributed by atoms with van der Waals surface area (Å²) in [5, 5.41) is 0. The van der Waals surface area contributed by atoms with Gasteiger partial charge in [-0.15, -0.1) is 0 Å². The second-order valence-electron chi connectivity index (χ2n) is 10.1. The molecule has 0 radical (unpaired) electrons. The van der Waals surface area contributed by atoms with Gasteiger partial charge in [0.15, 0.2) is 0 Å². The Morgan fingerprint density at radius 3 is 2.63 bits per heavy atom. The SMILES string of the molecule is CCCCCCC(C)(C)c1cc(N)c2c(c1)OC(C)(C)[C@@H]1CCC(C)=C[C@@H]21. The Bertz CT molecular complexity index is 713. The predicted octanol–water partition coefficient (Wildman–Crippen LogP) is 7.13. The molecule has 2 aliphatic rings. The molecule has 0 spiro atoms. The number of unbranched alkanes of at least 4 members (excludes halogenated alkanes) is 3. The smallest absolute Gasteiger partial charge is 0.126 e. The van der Waals surface area contributed by atoms with Crippen LogP contribution in [0.1, 0.15) is 104 Å². The summed E-state index contributed by atoms with van der Waals surface area (Å²) in [6, 6.07) is 4.52. The Kier molecular flexibility index (Phi) is 5.66. The molecule has 27 heavy (non-hydrogen) atoms. The van der Waals surface area contributed by atoms with E-state index in [4.69, 9.17) is 10.5 Å². The van der Waals surface area contributed by atoms with Crippen molar-refractivity contribution < 1.29 is 4.74 Å². The monoisotopic (exact) mass is 369 g/mol. The van der Waals surface area contributed by atoms with Gasteiger partial charge >= 0.3 is 0 Å². The highest BCUT2D eigenvalue weighted by atomic mass is 16.5. The minimum absolute atomic E-state index is 0.125. The first-order valence-corrected chi connectivity index (χ1v) is 11.0. The van der Waals surface area contributed by atoms with Crippen molar-refractivity contribution in [1.82, 2.24) is 0 Å². The summed E-state index contributed by atoms with van der Waals surface area (Å²) in [5.74, 6) is 1.91. The summed E-state index contributed by atoms with van der Waals surface area (Å²) in [6.07, 6.45) is 11.2. The second kappa shape index (κ2) is 7.53. The first-order valence-electron chi connectivity index (χ1n) is 11.0. The van der Waals surface area contributed by atoms with Crippen LogP contribution in [-0.2, 0) is 5.41 Å². The maximum atomic E-state index is 6.65. The van der Waals surface area contributed by atoms with Crippen molar-refractivity contribution in [3.05, 3.63) is 34.9 Å². The van der Waals surface area contributed by atoms with Crippen LogP contribution in [0.25, 0.3) is 0 Å². The lowest BCUT2D eigenvalue weighted by molar-refractivity contribution is 0.0118. The maximum Gasteiger partial charge on any atom is 0.126 e. The number of allylic oxidation sites excluding steroid dienone is 2. The first-order chi connectivity index (χ1) is 12.7. The molecule has 1 aromatic rings. The van der Waals surface area contributed by atoms with E-state index in [9.17, 15) is 0 Å². The molecule has 1 aliphatic carbocycles. The van der Waals surface area contributed by atoms with Crippen molar-refractivity contribution in [1.29, 1.82) is 0 Å². The van der Waals surface area contributed by atoms with Crippen LogP contribution >= 0.6 is 0 Å². The normalized spacial score (nSPS) is 23.9. The van der Waals surface area contributed by atoms with E-state index in [0.717, 1.165) is 11.4 Å². The third-order valence-corrected chi connectivity index (χ3v) is 6.96. The average Bonchev–Trinajstić information content (AvgIpc) is 2.57. The minimum atomic E-state index is -0.148. The molecule has 1 aromatic carbocycles. The first kappa shape index (κ1) is 20.3. The molecule has 0 bridgehead atoms. The van der Waals surface area contributed by atoms with Crippen LogP contribution in [0.4, 0.5) is 5.69 Å². The summed E-state index contributed by atoms with van der Waals surface area (Å²) in [5.41, 5.74) is 11.6. The third-order valence-electron chi connectivity index (χ3n) is 6.96. The number of hydrogen-bond donors (Lipinski definition) is 1. The lowest BCUT2D eigenvalue weighted by atomic mass is 9.67. The molecule has 0 fully saturated rings. The largest absolute Gasteiger partial charge is 0.487 e. The zero-order chi connectivity index (χ0) is 19.8. The molecular weight excluding hydrogens is 330 g/mol. The van der Waals surface area contributed by atoms with Crippen molar-refractivity contribution in [2.45, 2.75) is 103 Å². The number of benzene rings is 1. The summed E-state index contributed by atoms with van der Waals surface area (Å²) in [7, 11) is 0. The molecule has 0 saturated carbocycles. The van der Waals surface area contributed by atoms with Crippen molar-refractivity contribution in [3.8, 4) is 5.75 Å². The van der Waals surface area contributed by atoms with Crippen LogP contribution in [0.2, 0.25) is 0 Å². The fourth-order valence-corrected chi connectivity index (χ4v) is 5.11. The van der Waals surface area contributed by atoms with Gasteiger partial charge in [0.25, 0.3) is 0 Å². The van der Waals surface area contributed by atoms with Gasteiger partial charge in [-0.2, -0.15) is 0 Å². The Hall–Kier alpha value is -1.44. The van der Waals surface area contributed by atoms with Gasteiger partial charge in [0, 0.05) is 23.1 Å². The molecule has 2 N–H and O–H groups in total. The highest BCUT2D eigenvalue weighted by Crippen LogP contribution is 2.53. The highest BCUT2D eigenvalue weighted by molar-refractivity contribution is 5.62. The van der Waals surface area contributed by atoms with Crippen molar-refractivity contribution in [2.24, 2.45) is 5.92 Å². The van der Waals surface area contributed by atoms with Gasteiger partial charge in [-0.05, 0) is 63.1 Å². The zero-order valence-electron chi connectivity index (χ0n) is 18.3. The van der Waals surface area contributed by atoms with Crippen LogP contribution in [-0.4, -0.2) is 5.60 Å². The number of ether oxygens (including phenoxy) is 1. The van der Waals surface area contributed by atoms with E-state index in [1.165, 1.54) is 61.6 Å². The quantitative estimate of drug-likeness (QED) is 0.329. The molecule has 1 heterocycles. The van der Waals surface area contributed by atoms with Crippen LogP contribution in [0.3, 0.4) is 0 Å². The van der Waals surface area contributed by atoms with Gasteiger partial charge in [0.05, 0.1) is 0 Å².